The molecule has 0 atom stereocenters. The van der Waals surface area contributed by atoms with E-state index in [0.717, 1.165) is 72.7 Å². The number of phenols is 3. The van der Waals surface area contributed by atoms with E-state index < -0.39 is 0 Å². The zero-order valence-electron chi connectivity index (χ0n) is 19.2. The van der Waals surface area contributed by atoms with E-state index in [1.54, 1.807) is 30.3 Å². The minimum Gasteiger partial charge on any atom is -0.508 e. The molecular weight excluding hydrogens is 448 g/mol. The van der Waals surface area contributed by atoms with Crippen LogP contribution in [0, 0.1) is 0 Å². The zero-order chi connectivity index (χ0) is 24.4. The van der Waals surface area contributed by atoms with Crippen molar-refractivity contribution in [2.45, 2.75) is 6.42 Å². The number of allylic oxidation sites excluding steroid dienone is 1. The predicted octanol–water partition coefficient (Wildman–Crippen LogP) is 7.09. The Labute approximate surface area is 206 Å². The van der Waals surface area contributed by atoms with Crippen molar-refractivity contribution < 1.29 is 15.3 Å². The summed E-state index contributed by atoms with van der Waals surface area (Å²) in [5.74, 6) is 0.730. The van der Waals surface area contributed by atoms with Gasteiger partial charge in [-0.2, -0.15) is 0 Å². The number of rotatable bonds is 3. The molecule has 7 rings (SSSR count). The molecule has 36 heavy (non-hydrogen) atoms. The standard InChI is InChI=1S/C31H22N2O3/c34-21-2-6-24-17(12-21)1-5-25(24)18-9-19(28-15-32-30-13-22(35)3-7-26(28)30)11-20(10-18)29-16-33-31-14-23(36)4-8-27(29)31/h2-16,32-36H,1H2. The number of benzene rings is 4. The third kappa shape index (κ3) is 3.17. The summed E-state index contributed by atoms with van der Waals surface area (Å²) < 4.78 is 0. The largest absolute Gasteiger partial charge is 0.508 e. The van der Waals surface area contributed by atoms with Gasteiger partial charge in [0, 0.05) is 57.5 Å². The molecule has 1 aliphatic carbocycles. The Hall–Kier alpha value is -4.90. The molecule has 5 nitrogen and oxygen atoms in total. The highest BCUT2D eigenvalue weighted by atomic mass is 16.3. The van der Waals surface area contributed by atoms with Gasteiger partial charge in [-0.1, -0.05) is 12.1 Å². The third-order valence-corrected chi connectivity index (χ3v) is 7.10. The summed E-state index contributed by atoms with van der Waals surface area (Å²) in [5.41, 5.74) is 10.4. The Morgan fingerprint density at radius 1 is 0.528 bits per heavy atom. The monoisotopic (exact) mass is 470 g/mol. The van der Waals surface area contributed by atoms with Gasteiger partial charge in [-0.15, -0.1) is 0 Å². The fourth-order valence-corrected chi connectivity index (χ4v) is 5.41. The van der Waals surface area contributed by atoms with E-state index in [9.17, 15) is 15.3 Å². The fourth-order valence-electron chi connectivity index (χ4n) is 5.41. The molecule has 0 aliphatic heterocycles. The lowest BCUT2D eigenvalue weighted by molar-refractivity contribution is 0.474. The molecular formula is C31H22N2O3. The number of aromatic amines is 2. The van der Waals surface area contributed by atoms with Crippen molar-refractivity contribution in [2.75, 3.05) is 0 Å². The summed E-state index contributed by atoms with van der Waals surface area (Å²) in [7, 11) is 0. The molecule has 4 aromatic carbocycles. The van der Waals surface area contributed by atoms with Crippen molar-refractivity contribution in [3.8, 4) is 39.5 Å². The maximum absolute atomic E-state index is 9.97. The lowest BCUT2D eigenvalue weighted by Crippen LogP contribution is -1.90. The first-order valence-electron chi connectivity index (χ1n) is 11.8. The highest BCUT2D eigenvalue weighted by Crippen LogP contribution is 2.41. The SMILES string of the molecule is Oc1ccc2c(c1)CC=C2c1cc(-c2c[nH]c3cc(O)ccc23)cc(-c2c[nH]c3cc(O)ccc23)c1. The molecule has 0 spiro atoms. The smallest absolute Gasteiger partial charge is 0.117 e. The highest BCUT2D eigenvalue weighted by molar-refractivity contribution is 6.01. The minimum absolute atomic E-state index is 0.225. The molecule has 0 radical (unpaired) electrons. The van der Waals surface area contributed by atoms with Crippen LogP contribution in [0.1, 0.15) is 16.7 Å². The maximum Gasteiger partial charge on any atom is 0.117 e. The molecule has 1 aliphatic rings. The van der Waals surface area contributed by atoms with E-state index in [1.165, 1.54) is 0 Å². The van der Waals surface area contributed by atoms with Gasteiger partial charge in [-0.05, 0) is 94.4 Å². The molecule has 0 bridgehead atoms. The zero-order valence-corrected chi connectivity index (χ0v) is 19.2. The van der Waals surface area contributed by atoms with Crippen LogP contribution in [0.25, 0.3) is 49.6 Å². The van der Waals surface area contributed by atoms with Crippen LogP contribution in [-0.2, 0) is 6.42 Å². The lowest BCUT2D eigenvalue weighted by atomic mass is 9.91. The number of hydrogen-bond donors (Lipinski definition) is 5. The van der Waals surface area contributed by atoms with Crippen LogP contribution in [0.4, 0.5) is 0 Å². The Balaban J connectivity index is 1.46. The number of hydrogen-bond acceptors (Lipinski definition) is 3. The summed E-state index contributed by atoms with van der Waals surface area (Å²) in [6.07, 6.45) is 6.95. The first kappa shape index (κ1) is 20.5. The Morgan fingerprint density at radius 2 is 1.06 bits per heavy atom. The number of nitrogens with one attached hydrogen (secondary N) is 2. The van der Waals surface area contributed by atoms with Crippen molar-refractivity contribution >= 4 is 27.4 Å². The molecule has 0 unspecified atom stereocenters. The van der Waals surface area contributed by atoms with Gasteiger partial charge in [-0.3, -0.25) is 0 Å². The van der Waals surface area contributed by atoms with Crippen molar-refractivity contribution in [3.63, 3.8) is 0 Å². The van der Waals surface area contributed by atoms with Crippen molar-refractivity contribution in [3.05, 3.63) is 108 Å². The van der Waals surface area contributed by atoms with Gasteiger partial charge in [0.25, 0.3) is 0 Å². The molecule has 5 heteroatoms. The summed E-state index contributed by atoms with van der Waals surface area (Å²) in [5, 5.41) is 31.9. The van der Waals surface area contributed by atoms with Gasteiger partial charge >= 0.3 is 0 Å². The number of aromatic nitrogens is 2. The summed E-state index contributed by atoms with van der Waals surface area (Å²) in [4.78, 5) is 6.58. The lowest BCUT2D eigenvalue weighted by Gasteiger charge is -2.12. The minimum atomic E-state index is 0.225. The predicted molar refractivity (Wildman–Crippen MR) is 143 cm³/mol. The van der Waals surface area contributed by atoms with Crippen LogP contribution in [0.15, 0.2) is 91.3 Å². The van der Waals surface area contributed by atoms with E-state index in [4.69, 9.17) is 0 Å². The van der Waals surface area contributed by atoms with E-state index in [2.05, 4.69) is 34.2 Å². The average molecular weight is 471 g/mol. The summed E-state index contributed by atoms with van der Waals surface area (Å²) in [6.45, 7) is 0. The van der Waals surface area contributed by atoms with Gasteiger partial charge in [0.15, 0.2) is 0 Å². The van der Waals surface area contributed by atoms with Crippen LogP contribution < -0.4 is 0 Å². The van der Waals surface area contributed by atoms with Gasteiger partial charge in [0.1, 0.15) is 17.2 Å². The molecule has 2 aromatic heterocycles. The van der Waals surface area contributed by atoms with Crippen LogP contribution in [0.5, 0.6) is 17.2 Å². The van der Waals surface area contributed by atoms with Crippen molar-refractivity contribution in [1.82, 2.24) is 9.97 Å². The molecule has 2 heterocycles. The molecule has 174 valence electrons. The topological polar surface area (TPSA) is 92.3 Å². The fraction of sp³-hybridized carbons (Fsp3) is 0.0323. The van der Waals surface area contributed by atoms with Gasteiger partial charge in [0.2, 0.25) is 0 Å². The Bertz CT molecular complexity index is 1760. The highest BCUT2D eigenvalue weighted by Gasteiger charge is 2.19. The van der Waals surface area contributed by atoms with Crippen LogP contribution in [0.3, 0.4) is 0 Å². The molecule has 6 aromatic rings. The molecule has 5 N–H and O–H groups in total. The van der Waals surface area contributed by atoms with E-state index >= 15 is 0 Å². The normalized spacial score (nSPS) is 12.8. The second-order valence-corrected chi connectivity index (χ2v) is 9.33. The first-order chi connectivity index (χ1) is 17.5. The average Bonchev–Trinajstić information content (AvgIpc) is 3.59. The van der Waals surface area contributed by atoms with Crippen LogP contribution >= 0.6 is 0 Å². The second kappa shape index (κ2) is 7.55. The number of fused-ring (bicyclic) bond motifs is 3. The molecule has 0 fully saturated rings. The van der Waals surface area contributed by atoms with Crippen LogP contribution in [0.2, 0.25) is 0 Å². The molecule has 0 amide bonds. The molecule has 0 saturated heterocycles. The van der Waals surface area contributed by atoms with Gasteiger partial charge in [0.05, 0.1) is 0 Å². The van der Waals surface area contributed by atoms with E-state index in [1.807, 2.05) is 36.7 Å². The van der Waals surface area contributed by atoms with Crippen molar-refractivity contribution in [2.24, 2.45) is 0 Å². The third-order valence-electron chi connectivity index (χ3n) is 7.10. The molecule has 0 saturated carbocycles. The van der Waals surface area contributed by atoms with Gasteiger partial charge in [-0.25, -0.2) is 0 Å². The second-order valence-electron chi connectivity index (χ2n) is 9.33. The van der Waals surface area contributed by atoms with Gasteiger partial charge < -0.3 is 25.3 Å². The van der Waals surface area contributed by atoms with E-state index in [-0.39, 0.29) is 17.2 Å². The Kier molecular flexibility index (Phi) is 4.29. The number of phenolic OH excluding ortho intramolecular Hbond substituents is 3. The summed E-state index contributed by atoms with van der Waals surface area (Å²) in [6, 6.07) is 22.9. The van der Waals surface area contributed by atoms with Crippen molar-refractivity contribution in [1.29, 1.82) is 0 Å². The number of aromatic hydroxyl groups is 3. The first-order valence-corrected chi connectivity index (χ1v) is 11.8. The Morgan fingerprint density at radius 3 is 1.67 bits per heavy atom. The maximum atomic E-state index is 9.97. The quantitative estimate of drug-likeness (QED) is 0.191. The van der Waals surface area contributed by atoms with Crippen LogP contribution in [-0.4, -0.2) is 25.3 Å². The number of H-pyrrole nitrogens is 2. The summed E-state index contributed by atoms with van der Waals surface area (Å²) >= 11 is 0. The van der Waals surface area contributed by atoms with E-state index in [0.29, 0.717) is 0 Å².